The number of ether oxygens (including phenoxy) is 1. The minimum atomic E-state index is 0.581. The van der Waals surface area contributed by atoms with Crippen LogP contribution in [-0.2, 0) is 13.0 Å². The van der Waals surface area contributed by atoms with E-state index in [1.54, 1.807) is 18.2 Å². The summed E-state index contributed by atoms with van der Waals surface area (Å²) in [6.07, 6.45) is 0.925. The van der Waals surface area contributed by atoms with Crippen LogP contribution in [0.2, 0.25) is 10.0 Å². The predicted octanol–water partition coefficient (Wildman–Crippen LogP) is 2.55. The Hall–Kier alpha value is -1.30. The molecule has 3 rings (SSSR count). The van der Waals surface area contributed by atoms with E-state index in [9.17, 15) is 0 Å². The first-order valence-electron chi connectivity index (χ1n) is 6.40. The fourth-order valence-electron chi connectivity index (χ4n) is 2.25. The number of halogens is 2. The van der Waals surface area contributed by atoms with E-state index in [-0.39, 0.29) is 0 Å². The van der Waals surface area contributed by atoms with Crippen molar-refractivity contribution in [2.24, 2.45) is 0 Å². The maximum absolute atomic E-state index is 5.93. The molecule has 0 fully saturated rings. The minimum absolute atomic E-state index is 0.581. The molecule has 0 saturated heterocycles. The van der Waals surface area contributed by atoms with Crippen LogP contribution in [0.1, 0.15) is 11.4 Å². The number of rotatable bonds is 4. The number of hydrogen-bond acceptors (Lipinski definition) is 4. The predicted molar refractivity (Wildman–Crippen MR) is 77.3 cm³/mol. The van der Waals surface area contributed by atoms with Crippen LogP contribution in [0.25, 0.3) is 0 Å². The molecule has 1 aliphatic rings. The molecule has 0 bridgehead atoms. The van der Waals surface area contributed by atoms with E-state index in [2.05, 4.69) is 20.3 Å². The van der Waals surface area contributed by atoms with Gasteiger partial charge in [0.1, 0.15) is 12.4 Å². The fraction of sp³-hybridized carbons (Fsp3) is 0.385. The molecule has 1 aromatic heterocycles. The molecular weight excluding hydrogens is 299 g/mol. The largest absolute Gasteiger partial charge is 0.492 e. The van der Waals surface area contributed by atoms with Gasteiger partial charge < -0.3 is 4.74 Å². The third-order valence-corrected chi connectivity index (χ3v) is 3.69. The summed E-state index contributed by atoms with van der Waals surface area (Å²) in [7, 11) is 0. The standard InChI is InChI=1S/C13H14Cl2N4O/c14-9-5-10(15)7-11(6-9)20-4-3-19-2-1-12-13(8-19)17-18-16-12/h5-7H,1-4,8H2,(H,16,17,18). The number of fused-ring (bicyclic) bond motifs is 1. The molecule has 5 nitrogen and oxygen atoms in total. The Morgan fingerprint density at radius 3 is 2.70 bits per heavy atom. The maximum Gasteiger partial charge on any atom is 0.122 e. The molecule has 0 radical (unpaired) electrons. The molecule has 1 aliphatic heterocycles. The Bertz CT molecular complexity index is 582. The summed E-state index contributed by atoms with van der Waals surface area (Å²) in [5, 5.41) is 12.1. The SMILES string of the molecule is Clc1cc(Cl)cc(OCCN2CCc3n[nH]nc3C2)c1. The molecule has 0 spiro atoms. The van der Waals surface area contributed by atoms with Gasteiger partial charge in [0.05, 0.1) is 11.4 Å². The van der Waals surface area contributed by atoms with Crippen molar-refractivity contribution in [3.8, 4) is 5.75 Å². The number of nitrogens with zero attached hydrogens (tertiary/aromatic N) is 3. The van der Waals surface area contributed by atoms with Crippen molar-refractivity contribution in [1.82, 2.24) is 20.3 Å². The Balaban J connectivity index is 1.51. The summed E-state index contributed by atoms with van der Waals surface area (Å²) in [6, 6.07) is 5.21. The highest BCUT2D eigenvalue weighted by atomic mass is 35.5. The summed E-state index contributed by atoms with van der Waals surface area (Å²) in [5.41, 5.74) is 2.10. The van der Waals surface area contributed by atoms with Crippen molar-refractivity contribution in [3.05, 3.63) is 39.6 Å². The number of benzene rings is 1. The third-order valence-electron chi connectivity index (χ3n) is 3.25. The molecule has 20 heavy (non-hydrogen) atoms. The highest BCUT2D eigenvalue weighted by Gasteiger charge is 2.19. The third kappa shape index (κ3) is 3.23. The Labute approximate surface area is 126 Å². The molecule has 1 aromatic carbocycles. The summed E-state index contributed by atoms with van der Waals surface area (Å²) < 4.78 is 5.69. The van der Waals surface area contributed by atoms with E-state index >= 15 is 0 Å². The van der Waals surface area contributed by atoms with Crippen LogP contribution in [0.3, 0.4) is 0 Å². The van der Waals surface area contributed by atoms with Crippen molar-refractivity contribution in [2.75, 3.05) is 19.7 Å². The highest BCUT2D eigenvalue weighted by molar-refractivity contribution is 6.34. The summed E-state index contributed by atoms with van der Waals surface area (Å²) in [6.45, 7) is 3.20. The van der Waals surface area contributed by atoms with Gasteiger partial charge in [0.15, 0.2) is 0 Å². The first-order valence-corrected chi connectivity index (χ1v) is 7.16. The van der Waals surface area contributed by atoms with Crippen LogP contribution < -0.4 is 4.74 Å². The van der Waals surface area contributed by atoms with E-state index in [0.717, 1.165) is 37.4 Å². The molecule has 0 atom stereocenters. The quantitative estimate of drug-likeness (QED) is 0.942. The second kappa shape index (κ2) is 5.99. The number of aromatic nitrogens is 3. The van der Waals surface area contributed by atoms with E-state index in [0.29, 0.717) is 22.4 Å². The minimum Gasteiger partial charge on any atom is -0.492 e. The summed E-state index contributed by atoms with van der Waals surface area (Å²) in [5.74, 6) is 0.696. The van der Waals surface area contributed by atoms with Crippen LogP contribution in [0.5, 0.6) is 5.75 Å². The highest BCUT2D eigenvalue weighted by Crippen LogP contribution is 2.24. The smallest absolute Gasteiger partial charge is 0.122 e. The topological polar surface area (TPSA) is 54.0 Å². The number of hydrogen-bond donors (Lipinski definition) is 1. The summed E-state index contributed by atoms with van der Waals surface area (Å²) >= 11 is 11.9. The van der Waals surface area contributed by atoms with Gasteiger partial charge in [-0.1, -0.05) is 23.2 Å². The molecule has 0 unspecified atom stereocenters. The zero-order chi connectivity index (χ0) is 13.9. The van der Waals surface area contributed by atoms with Crippen molar-refractivity contribution >= 4 is 23.2 Å². The molecule has 1 N–H and O–H groups in total. The summed E-state index contributed by atoms with van der Waals surface area (Å²) in [4.78, 5) is 2.29. The average molecular weight is 313 g/mol. The van der Waals surface area contributed by atoms with Crippen LogP contribution in [0, 0.1) is 0 Å². The molecular formula is C13H14Cl2N4O. The molecule has 2 aromatic rings. The normalized spacial score (nSPS) is 15.1. The Morgan fingerprint density at radius 2 is 1.90 bits per heavy atom. The average Bonchev–Trinajstić information content (AvgIpc) is 2.85. The maximum atomic E-state index is 5.93. The van der Waals surface area contributed by atoms with Crippen LogP contribution in [0.4, 0.5) is 0 Å². The second-order valence-electron chi connectivity index (χ2n) is 4.70. The number of aromatic amines is 1. The van der Waals surface area contributed by atoms with Gasteiger partial charge in [-0.05, 0) is 18.2 Å². The van der Waals surface area contributed by atoms with Crippen LogP contribution in [0.15, 0.2) is 18.2 Å². The van der Waals surface area contributed by atoms with E-state index in [1.807, 2.05) is 0 Å². The lowest BCUT2D eigenvalue weighted by Crippen LogP contribution is -2.33. The van der Waals surface area contributed by atoms with Gasteiger partial charge in [-0.25, -0.2) is 0 Å². The zero-order valence-electron chi connectivity index (χ0n) is 10.8. The zero-order valence-corrected chi connectivity index (χ0v) is 12.3. The van der Waals surface area contributed by atoms with E-state index in [1.165, 1.54) is 0 Å². The molecule has 2 heterocycles. The lowest BCUT2D eigenvalue weighted by molar-refractivity contribution is 0.194. The van der Waals surface area contributed by atoms with Gasteiger partial charge in [-0.2, -0.15) is 15.4 Å². The van der Waals surface area contributed by atoms with Gasteiger partial charge >= 0.3 is 0 Å². The van der Waals surface area contributed by atoms with Crippen LogP contribution >= 0.6 is 23.2 Å². The lowest BCUT2D eigenvalue weighted by atomic mass is 10.1. The first-order chi connectivity index (χ1) is 9.70. The van der Waals surface area contributed by atoms with E-state index in [4.69, 9.17) is 27.9 Å². The van der Waals surface area contributed by atoms with Crippen LogP contribution in [-0.4, -0.2) is 40.0 Å². The fourth-order valence-corrected chi connectivity index (χ4v) is 2.76. The van der Waals surface area contributed by atoms with Crippen molar-refractivity contribution in [3.63, 3.8) is 0 Å². The second-order valence-corrected chi connectivity index (χ2v) is 5.57. The Morgan fingerprint density at radius 1 is 1.15 bits per heavy atom. The van der Waals surface area contributed by atoms with Gasteiger partial charge in [0.2, 0.25) is 0 Å². The van der Waals surface area contributed by atoms with Gasteiger partial charge in [0.25, 0.3) is 0 Å². The molecule has 0 saturated carbocycles. The van der Waals surface area contributed by atoms with Gasteiger partial charge in [0, 0.05) is 36.1 Å². The molecule has 0 amide bonds. The van der Waals surface area contributed by atoms with E-state index < -0.39 is 0 Å². The van der Waals surface area contributed by atoms with Gasteiger partial charge in [-0.15, -0.1) is 0 Å². The lowest BCUT2D eigenvalue weighted by Gasteiger charge is -2.24. The van der Waals surface area contributed by atoms with Crippen molar-refractivity contribution in [2.45, 2.75) is 13.0 Å². The molecule has 106 valence electrons. The number of nitrogens with one attached hydrogen (secondary N) is 1. The monoisotopic (exact) mass is 312 g/mol. The molecule has 0 aliphatic carbocycles. The van der Waals surface area contributed by atoms with Crippen molar-refractivity contribution in [1.29, 1.82) is 0 Å². The number of H-pyrrole nitrogens is 1. The van der Waals surface area contributed by atoms with Gasteiger partial charge in [-0.3, -0.25) is 4.90 Å². The molecule has 7 heteroatoms. The first kappa shape index (κ1) is 13.7. The van der Waals surface area contributed by atoms with Crippen molar-refractivity contribution < 1.29 is 4.74 Å². The Kier molecular flexibility index (Phi) is 4.10.